The number of nitrogens with zero attached hydrogens (tertiary/aromatic N) is 2. The number of aromatic nitrogens is 2. The second-order valence-corrected chi connectivity index (χ2v) is 5.80. The smallest absolute Gasteiger partial charge is 0.257 e. The standard InChI is InChI=1S/C9H6BrF2IN2S/c1-4-6-2-5(10)3-14-9(6)15(16-13)7(4)8(11)12/h2-3,8H,1H3. The number of fused-ring (bicyclic) bond motifs is 1. The number of hydrogen-bond acceptors (Lipinski definition) is 2. The predicted molar refractivity (Wildman–Crippen MR) is 74.1 cm³/mol. The molecule has 0 bridgehead atoms. The molecule has 0 aliphatic rings. The molecule has 2 aromatic heterocycles. The molecule has 0 atom stereocenters. The second-order valence-electron chi connectivity index (χ2n) is 3.20. The van der Waals surface area contributed by atoms with Crippen molar-refractivity contribution in [1.29, 1.82) is 0 Å². The van der Waals surface area contributed by atoms with Gasteiger partial charge in [-0.3, -0.25) is 3.97 Å². The van der Waals surface area contributed by atoms with E-state index in [1.807, 2.05) is 27.3 Å². The van der Waals surface area contributed by atoms with Crippen molar-refractivity contribution < 1.29 is 8.78 Å². The van der Waals surface area contributed by atoms with Crippen LogP contribution in [0.15, 0.2) is 16.7 Å². The monoisotopic (exact) mass is 418 g/mol. The third-order valence-electron chi connectivity index (χ3n) is 2.31. The van der Waals surface area contributed by atoms with Gasteiger partial charge in [-0.05, 0) is 34.5 Å². The summed E-state index contributed by atoms with van der Waals surface area (Å²) in [6.07, 6.45) is -0.879. The van der Waals surface area contributed by atoms with Gasteiger partial charge in [-0.25, -0.2) is 13.8 Å². The fraction of sp³-hybridized carbons (Fsp3) is 0.222. The molecule has 2 nitrogen and oxygen atoms in total. The first kappa shape index (κ1) is 12.6. The first-order valence-corrected chi connectivity index (χ1v) is 8.41. The molecule has 0 amide bonds. The van der Waals surface area contributed by atoms with Crippen molar-refractivity contribution in [1.82, 2.24) is 8.96 Å². The molecule has 0 aromatic carbocycles. The molecular weight excluding hydrogens is 413 g/mol. The van der Waals surface area contributed by atoms with E-state index in [1.165, 1.54) is 13.1 Å². The number of hydrogen-bond donors (Lipinski definition) is 0. The molecule has 0 aliphatic heterocycles. The summed E-state index contributed by atoms with van der Waals surface area (Å²) in [7, 11) is 1.21. The van der Waals surface area contributed by atoms with Crippen LogP contribution >= 0.6 is 46.3 Å². The van der Waals surface area contributed by atoms with Gasteiger partial charge in [-0.2, -0.15) is 0 Å². The third kappa shape index (κ3) is 1.97. The van der Waals surface area contributed by atoms with Crippen LogP contribution in [0.3, 0.4) is 0 Å². The van der Waals surface area contributed by atoms with Crippen LogP contribution in [0, 0.1) is 6.92 Å². The Balaban J connectivity index is 2.85. The Labute approximate surface area is 116 Å². The molecule has 0 aliphatic carbocycles. The van der Waals surface area contributed by atoms with Gasteiger partial charge in [0.05, 0.1) is 0 Å². The summed E-state index contributed by atoms with van der Waals surface area (Å²) in [5.41, 5.74) is 1.19. The molecule has 0 fully saturated rings. The number of alkyl halides is 2. The highest BCUT2D eigenvalue weighted by Crippen LogP contribution is 2.37. The predicted octanol–water partition coefficient (Wildman–Crippen LogP) is 4.89. The number of pyridine rings is 1. The number of halogens is 4. The van der Waals surface area contributed by atoms with Gasteiger partial charge in [0.1, 0.15) is 5.69 Å². The lowest BCUT2D eigenvalue weighted by atomic mass is 10.2. The molecule has 2 aromatic rings. The van der Waals surface area contributed by atoms with E-state index < -0.39 is 6.43 Å². The largest absolute Gasteiger partial charge is 0.279 e. The van der Waals surface area contributed by atoms with Gasteiger partial charge in [0, 0.05) is 46.4 Å². The first-order valence-electron chi connectivity index (χ1n) is 4.30. The molecule has 0 N–H and O–H groups in total. The Morgan fingerprint density at radius 2 is 2.25 bits per heavy atom. The van der Waals surface area contributed by atoms with E-state index in [-0.39, 0.29) is 5.69 Å². The molecule has 2 heterocycles. The van der Waals surface area contributed by atoms with Crippen LogP contribution < -0.4 is 0 Å². The Morgan fingerprint density at radius 3 is 2.81 bits per heavy atom. The minimum Gasteiger partial charge on any atom is -0.257 e. The van der Waals surface area contributed by atoms with Crippen LogP contribution in [0.4, 0.5) is 8.78 Å². The number of rotatable bonds is 2. The van der Waals surface area contributed by atoms with Gasteiger partial charge in [-0.15, -0.1) is 0 Å². The highest BCUT2D eigenvalue weighted by atomic mass is 127. The Hall–Kier alpha value is 0.110. The zero-order valence-corrected chi connectivity index (χ0v) is 12.6. The van der Waals surface area contributed by atoms with Gasteiger partial charge >= 0.3 is 0 Å². The maximum atomic E-state index is 12.9. The topological polar surface area (TPSA) is 17.8 Å². The molecule has 0 unspecified atom stereocenters. The van der Waals surface area contributed by atoms with Crippen LogP contribution in [-0.2, 0) is 0 Å². The highest BCUT2D eigenvalue weighted by molar-refractivity contribution is 14.2. The van der Waals surface area contributed by atoms with Crippen LogP contribution in [0.2, 0.25) is 0 Å². The van der Waals surface area contributed by atoms with E-state index in [4.69, 9.17) is 0 Å². The molecule has 2 rings (SSSR count). The molecule has 86 valence electrons. The lowest BCUT2D eigenvalue weighted by Gasteiger charge is -2.04. The maximum Gasteiger partial charge on any atom is 0.279 e. The molecule has 0 saturated carbocycles. The average Bonchev–Trinajstić information content (AvgIpc) is 2.51. The van der Waals surface area contributed by atoms with Gasteiger partial charge in [0.15, 0.2) is 5.65 Å². The van der Waals surface area contributed by atoms with Crippen LogP contribution in [0.1, 0.15) is 17.7 Å². The van der Waals surface area contributed by atoms with E-state index in [2.05, 4.69) is 20.9 Å². The quantitative estimate of drug-likeness (QED) is 0.646. The van der Waals surface area contributed by atoms with Gasteiger partial charge in [0.2, 0.25) is 0 Å². The van der Waals surface area contributed by atoms with Crippen molar-refractivity contribution in [2.24, 2.45) is 0 Å². The van der Waals surface area contributed by atoms with E-state index in [0.29, 0.717) is 11.2 Å². The summed E-state index contributed by atoms with van der Waals surface area (Å²) in [5, 5.41) is 0.758. The van der Waals surface area contributed by atoms with Crippen LogP contribution in [0.5, 0.6) is 0 Å². The molecule has 0 radical (unpaired) electrons. The SMILES string of the molecule is Cc1c(C(F)F)n(SI)c2ncc(Br)cc12. The van der Waals surface area contributed by atoms with Crippen LogP contribution in [-0.4, -0.2) is 8.96 Å². The fourth-order valence-corrected chi connectivity index (χ4v) is 3.63. The van der Waals surface area contributed by atoms with E-state index in [9.17, 15) is 8.78 Å². The maximum absolute atomic E-state index is 12.9. The summed E-state index contributed by atoms with van der Waals surface area (Å²) >= 11 is 5.27. The summed E-state index contributed by atoms with van der Waals surface area (Å²) in [6.45, 7) is 1.70. The molecule has 7 heteroatoms. The molecular formula is C9H6BrF2IN2S. The van der Waals surface area contributed by atoms with Crippen molar-refractivity contribution in [3.8, 4) is 0 Å². The first-order chi connectivity index (χ1) is 7.56. The van der Waals surface area contributed by atoms with E-state index in [0.717, 1.165) is 9.86 Å². The second kappa shape index (κ2) is 4.77. The lowest BCUT2D eigenvalue weighted by Crippen LogP contribution is -1.95. The normalized spacial score (nSPS) is 11.6. The fourth-order valence-electron chi connectivity index (χ4n) is 1.60. The summed E-state index contributed by atoms with van der Waals surface area (Å²) in [6, 6.07) is 1.81. The van der Waals surface area contributed by atoms with Crippen molar-refractivity contribution in [3.63, 3.8) is 0 Å². The molecule has 0 spiro atoms. The Bertz CT molecular complexity index is 544. The minimum absolute atomic E-state index is 0.0278. The van der Waals surface area contributed by atoms with Crippen molar-refractivity contribution in [3.05, 3.63) is 28.0 Å². The number of aryl methyl sites for hydroxylation is 1. The summed E-state index contributed by atoms with van der Waals surface area (Å²) < 4.78 is 28.1. The third-order valence-corrected chi connectivity index (χ3v) is 4.43. The Morgan fingerprint density at radius 1 is 1.56 bits per heavy atom. The van der Waals surface area contributed by atoms with Gasteiger partial charge in [-0.1, -0.05) is 0 Å². The minimum atomic E-state index is -2.49. The zero-order chi connectivity index (χ0) is 11.9. The van der Waals surface area contributed by atoms with E-state index in [1.54, 1.807) is 13.1 Å². The average molecular weight is 419 g/mol. The molecule has 16 heavy (non-hydrogen) atoms. The lowest BCUT2D eigenvalue weighted by molar-refractivity contribution is 0.145. The zero-order valence-electron chi connectivity index (χ0n) is 8.05. The molecule has 0 saturated heterocycles. The van der Waals surface area contributed by atoms with Crippen molar-refractivity contribution in [2.45, 2.75) is 13.3 Å². The van der Waals surface area contributed by atoms with Crippen molar-refractivity contribution in [2.75, 3.05) is 0 Å². The summed E-state index contributed by atoms with van der Waals surface area (Å²) in [5.74, 6) is 0. The summed E-state index contributed by atoms with van der Waals surface area (Å²) in [4.78, 5) is 4.17. The van der Waals surface area contributed by atoms with Gasteiger partial charge < -0.3 is 0 Å². The van der Waals surface area contributed by atoms with Crippen LogP contribution in [0.25, 0.3) is 11.0 Å². The van der Waals surface area contributed by atoms with Gasteiger partial charge in [0.25, 0.3) is 6.43 Å². The highest BCUT2D eigenvalue weighted by Gasteiger charge is 2.22. The Kier molecular flexibility index (Phi) is 3.75. The van der Waals surface area contributed by atoms with Crippen molar-refractivity contribution >= 4 is 57.3 Å². The van der Waals surface area contributed by atoms with E-state index >= 15 is 0 Å².